The topological polar surface area (TPSA) is 89.9 Å². The molecule has 0 amide bonds. The Bertz CT molecular complexity index is 882. The summed E-state index contributed by atoms with van der Waals surface area (Å²) in [5, 5.41) is 0. The average Bonchev–Trinajstić information content (AvgIpc) is 3.21. The molecule has 3 unspecified atom stereocenters. The van der Waals surface area contributed by atoms with Gasteiger partial charge >= 0.3 is 12.1 Å². The van der Waals surface area contributed by atoms with Crippen LogP contribution in [-0.4, -0.2) is 36.9 Å². The quantitative estimate of drug-likeness (QED) is 0.511. The molecule has 0 aliphatic heterocycles. The number of hydrogen-bond acceptors (Lipinski definition) is 5. The lowest BCUT2D eigenvalue weighted by atomic mass is 9.82. The van der Waals surface area contributed by atoms with Crippen molar-refractivity contribution in [1.82, 2.24) is 0 Å². The first kappa shape index (κ1) is 21.9. The minimum absolute atomic E-state index is 0.183. The van der Waals surface area contributed by atoms with E-state index >= 15 is 0 Å². The van der Waals surface area contributed by atoms with E-state index in [0.717, 1.165) is 37.5 Å². The Labute approximate surface area is 167 Å². The fourth-order valence-electron chi connectivity index (χ4n) is 4.53. The molecule has 0 heterocycles. The summed E-state index contributed by atoms with van der Waals surface area (Å²) in [5.41, 5.74) is -1.84. The third kappa shape index (κ3) is 4.85. The minimum atomic E-state index is -4.66. The fraction of sp³-hybridized carbons (Fsp3) is 0.632. The number of ether oxygens (including phenoxy) is 2. The van der Waals surface area contributed by atoms with E-state index in [-0.39, 0.29) is 11.5 Å². The van der Waals surface area contributed by atoms with Crippen molar-refractivity contribution in [1.29, 1.82) is 0 Å². The van der Waals surface area contributed by atoms with Crippen molar-refractivity contribution in [2.75, 3.05) is 12.4 Å². The molecule has 0 radical (unpaired) electrons. The van der Waals surface area contributed by atoms with Gasteiger partial charge in [0, 0.05) is 0 Å². The second kappa shape index (κ2) is 7.79. The maximum Gasteiger partial charge on any atom is 0.419 e. The fourth-order valence-corrected chi connectivity index (χ4v) is 4.83. The van der Waals surface area contributed by atoms with Gasteiger partial charge in [0.25, 0.3) is 10.1 Å². The lowest BCUT2D eigenvalue weighted by Gasteiger charge is -2.38. The average molecular weight is 436 g/mol. The van der Waals surface area contributed by atoms with Gasteiger partial charge in [-0.3, -0.25) is 4.55 Å². The molecule has 1 aromatic carbocycles. The smallest absolute Gasteiger partial charge is 0.419 e. The number of alkyl halides is 3. The van der Waals surface area contributed by atoms with Gasteiger partial charge in [0.15, 0.2) is 0 Å². The van der Waals surface area contributed by atoms with Crippen LogP contribution < -0.4 is 4.74 Å². The maximum atomic E-state index is 13.5. The van der Waals surface area contributed by atoms with E-state index in [4.69, 9.17) is 14.0 Å². The molecule has 2 aliphatic rings. The van der Waals surface area contributed by atoms with Crippen LogP contribution in [0.15, 0.2) is 18.2 Å². The molecule has 1 N–H and O–H groups in total. The monoisotopic (exact) mass is 436 g/mol. The highest BCUT2D eigenvalue weighted by Crippen LogP contribution is 2.54. The molecule has 3 atom stereocenters. The summed E-state index contributed by atoms with van der Waals surface area (Å²) in [6.45, 7) is 1.28. The first-order chi connectivity index (χ1) is 13.4. The Hall–Kier alpha value is -1.81. The number of hydrogen-bond donors (Lipinski definition) is 1. The molecule has 0 aromatic heterocycles. The highest BCUT2D eigenvalue weighted by Gasteiger charge is 2.52. The van der Waals surface area contributed by atoms with Crippen LogP contribution in [0.1, 0.15) is 54.9 Å². The zero-order valence-corrected chi connectivity index (χ0v) is 16.7. The highest BCUT2D eigenvalue weighted by molar-refractivity contribution is 7.85. The van der Waals surface area contributed by atoms with Gasteiger partial charge in [-0.15, -0.1) is 0 Å². The number of esters is 1. The van der Waals surface area contributed by atoms with Crippen molar-refractivity contribution in [3.8, 4) is 5.75 Å². The second-order valence-corrected chi connectivity index (χ2v) is 9.30. The van der Waals surface area contributed by atoms with Crippen molar-refractivity contribution in [3.63, 3.8) is 0 Å². The number of fused-ring (bicyclic) bond motifs is 2. The predicted molar refractivity (Wildman–Crippen MR) is 97.2 cm³/mol. The molecule has 10 heteroatoms. The molecule has 0 saturated heterocycles. The van der Waals surface area contributed by atoms with Gasteiger partial charge in [0.1, 0.15) is 23.7 Å². The molecule has 1 aromatic rings. The van der Waals surface area contributed by atoms with Crippen molar-refractivity contribution in [3.05, 3.63) is 29.3 Å². The SMILES string of the molecule is CCC1(Oc2cc(C(=O)OCCS(=O)(=O)O)ccc2C(F)(F)F)CC2CCC1C2. The van der Waals surface area contributed by atoms with Crippen LogP contribution in [-0.2, 0) is 21.0 Å². The van der Waals surface area contributed by atoms with Crippen molar-refractivity contribution in [2.24, 2.45) is 11.8 Å². The maximum absolute atomic E-state index is 13.5. The summed E-state index contributed by atoms with van der Waals surface area (Å²) < 4.78 is 81.4. The molecule has 6 nitrogen and oxygen atoms in total. The minimum Gasteiger partial charge on any atom is -0.486 e. The summed E-state index contributed by atoms with van der Waals surface area (Å²) >= 11 is 0. The molecular weight excluding hydrogens is 413 g/mol. The normalized spacial score (nSPS) is 26.5. The Balaban J connectivity index is 1.86. The lowest BCUT2D eigenvalue weighted by Crippen LogP contribution is -2.41. The summed E-state index contributed by atoms with van der Waals surface area (Å²) in [7, 11) is -4.32. The van der Waals surface area contributed by atoms with E-state index in [9.17, 15) is 26.4 Å². The molecule has 29 heavy (non-hydrogen) atoms. The van der Waals surface area contributed by atoms with Gasteiger partial charge in [0.05, 0.1) is 11.1 Å². The molecule has 2 saturated carbocycles. The Kier molecular flexibility index (Phi) is 5.88. The number of halogens is 3. The van der Waals surface area contributed by atoms with Crippen LogP contribution in [0.3, 0.4) is 0 Å². The molecule has 0 spiro atoms. The van der Waals surface area contributed by atoms with E-state index in [1.807, 2.05) is 6.92 Å². The van der Waals surface area contributed by atoms with Gasteiger partial charge in [-0.1, -0.05) is 6.92 Å². The molecule has 162 valence electrons. The Morgan fingerprint density at radius 1 is 1.31 bits per heavy atom. The van der Waals surface area contributed by atoms with Crippen LogP contribution in [0.5, 0.6) is 5.75 Å². The predicted octanol–water partition coefficient (Wildman–Crippen LogP) is 4.10. The van der Waals surface area contributed by atoms with Gasteiger partial charge in [0.2, 0.25) is 0 Å². The van der Waals surface area contributed by atoms with E-state index < -0.39 is 51.5 Å². The summed E-state index contributed by atoms with van der Waals surface area (Å²) in [6, 6.07) is 2.73. The standard InChI is InChI=1S/C19H23F3O6S/c1-2-18(11-12-3-5-14(18)9-12)28-16-10-13(4-6-15(16)19(20,21)22)17(23)27-7-8-29(24,25)26/h4,6,10,12,14H,2-3,5,7-9,11H2,1H3,(H,24,25,26). The summed E-state index contributed by atoms with van der Waals surface area (Å²) in [6.07, 6.45) is -0.496. The molecule has 3 rings (SSSR count). The number of benzene rings is 1. The Morgan fingerprint density at radius 2 is 2.03 bits per heavy atom. The third-order valence-corrected chi connectivity index (χ3v) is 6.61. The summed E-state index contributed by atoms with van der Waals surface area (Å²) in [5.74, 6) is -1.58. The van der Waals surface area contributed by atoms with Crippen molar-refractivity contribution in [2.45, 2.75) is 50.8 Å². The molecule has 2 bridgehead atoms. The molecular formula is C19H23F3O6S. The van der Waals surface area contributed by atoms with Crippen LogP contribution in [0.25, 0.3) is 0 Å². The zero-order valence-electron chi connectivity index (χ0n) is 15.9. The summed E-state index contributed by atoms with van der Waals surface area (Å²) in [4.78, 5) is 12.1. The van der Waals surface area contributed by atoms with E-state index in [1.165, 1.54) is 0 Å². The van der Waals surface area contributed by atoms with E-state index in [1.54, 1.807) is 0 Å². The Morgan fingerprint density at radius 3 is 2.55 bits per heavy atom. The van der Waals surface area contributed by atoms with E-state index in [2.05, 4.69) is 0 Å². The van der Waals surface area contributed by atoms with Gasteiger partial charge in [-0.2, -0.15) is 21.6 Å². The van der Waals surface area contributed by atoms with Crippen molar-refractivity contribution >= 4 is 16.1 Å². The molecule has 2 fully saturated rings. The first-order valence-corrected chi connectivity index (χ1v) is 11.1. The van der Waals surface area contributed by atoms with Crippen LogP contribution in [0, 0.1) is 11.8 Å². The van der Waals surface area contributed by atoms with Gasteiger partial charge in [-0.05, 0) is 62.1 Å². The largest absolute Gasteiger partial charge is 0.486 e. The first-order valence-electron chi connectivity index (χ1n) is 9.46. The van der Waals surface area contributed by atoms with Crippen LogP contribution >= 0.6 is 0 Å². The van der Waals surface area contributed by atoms with E-state index in [0.29, 0.717) is 18.8 Å². The van der Waals surface area contributed by atoms with Crippen LogP contribution in [0.4, 0.5) is 13.2 Å². The lowest BCUT2D eigenvalue weighted by molar-refractivity contribution is -0.140. The highest BCUT2D eigenvalue weighted by atomic mass is 32.2. The van der Waals surface area contributed by atoms with Gasteiger partial charge in [-0.25, -0.2) is 4.79 Å². The number of rotatable bonds is 7. The zero-order chi connectivity index (χ0) is 21.4. The van der Waals surface area contributed by atoms with Crippen LogP contribution in [0.2, 0.25) is 0 Å². The molecule has 2 aliphatic carbocycles. The number of carbonyl (C=O) groups is 1. The van der Waals surface area contributed by atoms with Gasteiger partial charge < -0.3 is 9.47 Å². The third-order valence-electron chi connectivity index (χ3n) is 5.93. The second-order valence-electron chi connectivity index (χ2n) is 7.73. The number of carbonyl (C=O) groups excluding carboxylic acids is 1. The van der Waals surface area contributed by atoms with Crippen molar-refractivity contribution < 1.29 is 40.4 Å².